The van der Waals surface area contributed by atoms with E-state index in [1.807, 2.05) is 13.8 Å². The van der Waals surface area contributed by atoms with Gasteiger partial charge in [-0.1, -0.05) is 0 Å². The third-order valence-corrected chi connectivity index (χ3v) is 18.9. The van der Waals surface area contributed by atoms with Gasteiger partial charge in [-0.15, -0.1) is 0 Å². The Hall–Kier alpha value is -3.23. The van der Waals surface area contributed by atoms with Gasteiger partial charge in [0.25, 0.3) is 0 Å². The molecule has 0 atom stereocenters. The summed E-state index contributed by atoms with van der Waals surface area (Å²) in [6, 6.07) is 3.78. The van der Waals surface area contributed by atoms with Crippen LogP contribution in [-0.2, 0) is 26.2 Å². The number of carbonyl (C=O) groups is 2. The van der Waals surface area contributed by atoms with Crippen molar-refractivity contribution in [2.45, 2.75) is 115 Å². The Morgan fingerprint density at radius 2 is 0.941 bits per heavy atom. The van der Waals surface area contributed by atoms with E-state index >= 15 is 17.6 Å². The van der Waals surface area contributed by atoms with Crippen LogP contribution in [0.5, 0.6) is 0 Å². The van der Waals surface area contributed by atoms with E-state index < -0.39 is 71.2 Å². The van der Waals surface area contributed by atoms with E-state index in [0.29, 0.717) is 12.8 Å². The molecule has 9 heteroatoms. The number of carbonyl (C=O) groups excluding carboxylic acids is 2. The predicted molar refractivity (Wildman–Crippen MR) is 199 cm³/mol. The summed E-state index contributed by atoms with van der Waals surface area (Å²) in [4.78, 5) is 31.0. The molecular formula is C42H54F4N2O2Ti. The van der Waals surface area contributed by atoms with Gasteiger partial charge >= 0.3 is 307 Å². The summed E-state index contributed by atoms with van der Waals surface area (Å²) < 4.78 is 67.1. The number of hydrogen-bond acceptors (Lipinski definition) is 2. The van der Waals surface area contributed by atoms with E-state index in [1.165, 1.54) is 21.9 Å². The van der Waals surface area contributed by atoms with Gasteiger partial charge in [0.1, 0.15) is 0 Å². The van der Waals surface area contributed by atoms with Crippen molar-refractivity contribution in [3.63, 3.8) is 0 Å². The fourth-order valence-electron chi connectivity index (χ4n) is 8.06. The average molecular weight is 743 g/mol. The van der Waals surface area contributed by atoms with E-state index in [1.54, 1.807) is 104 Å². The molecule has 51 heavy (non-hydrogen) atoms. The summed E-state index contributed by atoms with van der Waals surface area (Å²) in [7, 11) is 0. The first-order valence-electron chi connectivity index (χ1n) is 18.2. The third-order valence-electron chi connectivity index (χ3n) is 10.4. The molecule has 0 bridgehead atoms. The zero-order valence-electron chi connectivity index (χ0n) is 31.8. The maximum atomic E-state index is 17.8. The van der Waals surface area contributed by atoms with Gasteiger partial charge in [-0.25, -0.2) is 0 Å². The molecule has 0 unspecified atom stereocenters. The maximum absolute atomic E-state index is 17.8. The molecule has 4 rings (SSSR count). The quantitative estimate of drug-likeness (QED) is 0.143. The van der Waals surface area contributed by atoms with Gasteiger partial charge in [0.05, 0.1) is 0 Å². The number of rotatable bonds is 14. The Morgan fingerprint density at radius 3 is 1.22 bits per heavy atom. The zero-order chi connectivity index (χ0) is 38.1. The monoisotopic (exact) mass is 742 g/mol. The minimum atomic E-state index is -5.22. The Balaban J connectivity index is 2.17. The molecule has 0 saturated heterocycles. The van der Waals surface area contributed by atoms with Gasteiger partial charge in [0.15, 0.2) is 0 Å². The third kappa shape index (κ3) is 7.37. The summed E-state index contributed by atoms with van der Waals surface area (Å²) in [6.07, 6.45) is 16.6. The van der Waals surface area contributed by atoms with Crippen molar-refractivity contribution < 1.29 is 43.7 Å². The number of benzene rings is 2. The first-order chi connectivity index (χ1) is 23.9. The summed E-state index contributed by atoms with van der Waals surface area (Å²) in [5.74, 6) is -4.47. The fourth-order valence-corrected chi connectivity index (χ4v) is 16.8. The zero-order valence-corrected chi connectivity index (χ0v) is 33.4. The normalized spacial score (nSPS) is 15.2. The molecule has 2 aliphatic rings. The van der Waals surface area contributed by atoms with Crippen molar-refractivity contribution >= 4 is 30.9 Å². The first kappa shape index (κ1) is 40.5. The van der Waals surface area contributed by atoms with Crippen molar-refractivity contribution in [2.24, 2.45) is 10.8 Å². The molecule has 0 spiro atoms. The van der Waals surface area contributed by atoms with Crippen LogP contribution in [0.1, 0.15) is 94.9 Å². The van der Waals surface area contributed by atoms with E-state index in [2.05, 4.69) is 0 Å². The van der Waals surface area contributed by atoms with Crippen LogP contribution in [0, 0.1) is 34.1 Å². The molecule has 0 aliphatic heterocycles. The van der Waals surface area contributed by atoms with E-state index in [9.17, 15) is 9.59 Å². The molecule has 276 valence electrons. The number of hydrogen-bond donors (Lipinski definition) is 0. The van der Waals surface area contributed by atoms with Crippen LogP contribution >= 0.6 is 0 Å². The predicted octanol–water partition coefficient (Wildman–Crippen LogP) is 10.3. The molecule has 2 aromatic carbocycles. The number of halogens is 4. The van der Waals surface area contributed by atoms with Crippen LogP contribution in [0.2, 0.25) is 8.45 Å². The van der Waals surface area contributed by atoms with Crippen molar-refractivity contribution in [1.29, 1.82) is 0 Å². The molecule has 0 aromatic heterocycles. The van der Waals surface area contributed by atoms with Gasteiger partial charge in [0.2, 0.25) is 0 Å². The Morgan fingerprint density at radius 1 is 0.627 bits per heavy atom. The van der Waals surface area contributed by atoms with Crippen LogP contribution in [0.3, 0.4) is 0 Å². The summed E-state index contributed by atoms with van der Waals surface area (Å²) in [6.45, 7) is 18.2. The van der Waals surface area contributed by atoms with Crippen molar-refractivity contribution in [2.75, 3.05) is 9.80 Å². The molecule has 2 aromatic rings. The van der Waals surface area contributed by atoms with Crippen molar-refractivity contribution in [3.8, 4) is 0 Å². The van der Waals surface area contributed by atoms with Gasteiger partial charge in [0, 0.05) is 0 Å². The summed E-state index contributed by atoms with van der Waals surface area (Å²) in [5.41, 5.74) is -1.95. The second-order valence-electron chi connectivity index (χ2n) is 15.8. The summed E-state index contributed by atoms with van der Waals surface area (Å²) >= 11 is -5.22. The Bertz CT molecular complexity index is 1610. The molecule has 0 saturated carbocycles. The van der Waals surface area contributed by atoms with Crippen LogP contribution in [0.4, 0.5) is 28.9 Å². The molecule has 2 aliphatic carbocycles. The van der Waals surface area contributed by atoms with Crippen molar-refractivity contribution in [1.82, 2.24) is 0 Å². The van der Waals surface area contributed by atoms with Crippen LogP contribution in [0.25, 0.3) is 0 Å². The van der Waals surface area contributed by atoms with Crippen LogP contribution < -0.4 is 17.5 Å². The molecule has 0 N–H and O–H groups in total. The summed E-state index contributed by atoms with van der Waals surface area (Å²) in [5, 5.41) is 0. The Labute approximate surface area is 305 Å². The second kappa shape index (κ2) is 15.8. The number of anilines is 2. The Kier molecular flexibility index (Phi) is 12.6. The fraction of sp³-hybridized carbons (Fsp3) is 0.476. The van der Waals surface area contributed by atoms with Crippen LogP contribution in [0.15, 0.2) is 72.9 Å². The topological polar surface area (TPSA) is 40.6 Å². The minimum absolute atomic E-state index is 0.125. The molecule has 0 heterocycles. The molecule has 0 fully saturated rings. The molecule has 2 amide bonds. The number of nitrogens with zero attached hydrogens (tertiary/aromatic N) is 2. The van der Waals surface area contributed by atoms with E-state index in [-0.39, 0.29) is 30.9 Å². The second-order valence-corrected chi connectivity index (χ2v) is 22.1. The number of amides is 2. The molecule has 4 nitrogen and oxygen atoms in total. The van der Waals surface area contributed by atoms with Crippen LogP contribution in [-0.4, -0.2) is 23.9 Å². The first-order valence-corrected chi connectivity index (χ1v) is 21.6. The van der Waals surface area contributed by atoms with Gasteiger partial charge in [-0.05, 0) is 0 Å². The standard InChI is InChI=1S/2C16H22F2NO.2C5H5.Ti/c2*1-6-9-16(4,5)15(20)19(11(2)3)14-8-7-12(17)10-13(14)18;2*1-2-4-5-3-1;/h2*7-8,11H,6,9H2,1-5H3;2*1-5H;. The molecular weight excluding hydrogens is 688 g/mol. The average Bonchev–Trinajstić information content (AvgIpc) is 3.78. The number of allylic oxidation sites excluding steroid dienone is 8. The van der Waals surface area contributed by atoms with E-state index in [4.69, 9.17) is 0 Å². The molecule has 0 radical (unpaired) electrons. The van der Waals surface area contributed by atoms with E-state index in [0.717, 1.165) is 25.0 Å². The SMILES string of the molecule is CCCC(C)(C)C(=O)N(c1ccc(F)[c]([Ti]([c]2c(F)ccc(N(C(=O)C(C)(C)CCC)C(C)C)c2F)([CH]2C=CC=C2)[CH]2C=CC=C2)c1F)C(C)C. The van der Waals surface area contributed by atoms with Gasteiger partial charge in [-0.3, -0.25) is 0 Å². The van der Waals surface area contributed by atoms with Gasteiger partial charge < -0.3 is 0 Å². The van der Waals surface area contributed by atoms with Crippen molar-refractivity contribution in [3.05, 3.63) is 96.1 Å². The van der Waals surface area contributed by atoms with Gasteiger partial charge in [-0.2, -0.15) is 0 Å².